The average Bonchev–Trinajstić information content (AvgIpc) is 2.91. The molecule has 24 heavy (non-hydrogen) atoms. The summed E-state index contributed by atoms with van der Waals surface area (Å²) in [6, 6.07) is 16.8. The topological polar surface area (TPSA) is 27.1 Å². The highest BCUT2D eigenvalue weighted by Crippen LogP contribution is 2.24. The zero-order chi connectivity index (χ0) is 16.9. The largest absolute Gasteiger partial charge is 0.494 e. The summed E-state index contributed by atoms with van der Waals surface area (Å²) in [5, 5.41) is 0. The van der Waals surface area contributed by atoms with Crippen molar-refractivity contribution in [1.29, 1.82) is 0 Å². The second-order valence-corrected chi connectivity index (χ2v) is 6.60. The summed E-state index contributed by atoms with van der Waals surface area (Å²) in [6.45, 7) is 8.18. The Balaban J connectivity index is 1.93. The lowest BCUT2D eigenvalue weighted by atomic mass is 10.1. The Morgan fingerprint density at radius 1 is 1.04 bits per heavy atom. The number of rotatable bonds is 7. The van der Waals surface area contributed by atoms with Gasteiger partial charge in [0, 0.05) is 19.0 Å². The molecule has 0 unspecified atom stereocenters. The summed E-state index contributed by atoms with van der Waals surface area (Å²) in [5.41, 5.74) is 3.59. The summed E-state index contributed by atoms with van der Waals surface area (Å²) in [6.07, 6.45) is 1.97. The molecule has 0 radical (unpaired) electrons. The Morgan fingerprint density at radius 2 is 1.83 bits per heavy atom. The van der Waals surface area contributed by atoms with Crippen molar-refractivity contribution in [2.75, 3.05) is 6.61 Å². The number of fused-ring (bicyclic) bond motifs is 1. The Kier molecular flexibility index (Phi) is 5.19. The third-order valence-corrected chi connectivity index (χ3v) is 4.14. The molecule has 0 amide bonds. The third-order valence-electron chi connectivity index (χ3n) is 4.14. The number of aromatic nitrogens is 2. The Hall–Kier alpha value is -2.29. The van der Waals surface area contributed by atoms with Crippen LogP contribution in [0.4, 0.5) is 0 Å². The first-order valence-electron chi connectivity index (χ1n) is 8.83. The fourth-order valence-corrected chi connectivity index (χ4v) is 3.07. The van der Waals surface area contributed by atoms with Gasteiger partial charge in [0.05, 0.1) is 17.6 Å². The molecule has 0 saturated heterocycles. The van der Waals surface area contributed by atoms with Crippen LogP contribution in [0.1, 0.15) is 32.2 Å². The van der Waals surface area contributed by atoms with Crippen LogP contribution in [0.25, 0.3) is 11.0 Å². The standard InChI is InChI=1S/C21H26N2O/c1-4-24-18-11-12-19-20(14-18)23(15-16(2)3)21(22-19)13-10-17-8-6-5-7-9-17/h5-9,11-12,14,16H,4,10,13,15H2,1-3H3. The molecule has 1 heterocycles. The van der Waals surface area contributed by atoms with Crippen LogP contribution in [0.2, 0.25) is 0 Å². The van der Waals surface area contributed by atoms with Crippen molar-refractivity contribution in [1.82, 2.24) is 9.55 Å². The molecule has 1 aromatic heterocycles. The van der Waals surface area contributed by atoms with Gasteiger partial charge in [-0.25, -0.2) is 4.98 Å². The molecule has 0 fully saturated rings. The van der Waals surface area contributed by atoms with E-state index in [2.05, 4.69) is 60.9 Å². The van der Waals surface area contributed by atoms with Crippen molar-refractivity contribution in [2.24, 2.45) is 5.92 Å². The van der Waals surface area contributed by atoms with Gasteiger partial charge in [0.1, 0.15) is 11.6 Å². The van der Waals surface area contributed by atoms with E-state index in [4.69, 9.17) is 9.72 Å². The van der Waals surface area contributed by atoms with Gasteiger partial charge >= 0.3 is 0 Å². The van der Waals surface area contributed by atoms with Gasteiger partial charge in [-0.1, -0.05) is 44.2 Å². The van der Waals surface area contributed by atoms with E-state index in [1.54, 1.807) is 0 Å². The number of nitrogens with zero attached hydrogens (tertiary/aromatic N) is 2. The fourth-order valence-electron chi connectivity index (χ4n) is 3.07. The maximum Gasteiger partial charge on any atom is 0.121 e. The van der Waals surface area contributed by atoms with Crippen molar-refractivity contribution in [3.8, 4) is 5.75 Å². The molecular formula is C21H26N2O. The van der Waals surface area contributed by atoms with Crippen LogP contribution in [-0.2, 0) is 19.4 Å². The highest BCUT2D eigenvalue weighted by molar-refractivity contribution is 5.77. The predicted octanol–water partition coefficient (Wildman–Crippen LogP) is 4.88. The van der Waals surface area contributed by atoms with E-state index in [1.165, 1.54) is 11.1 Å². The molecule has 2 aromatic carbocycles. The Labute approximate surface area is 144 Å². The van der Waals surface area contributed by atoms with Crippen LogP contribution in [0.3, 0.4) is 0 Å². The first-order chi connectivity index (χ1) is 11.7. The van der Waals surface area contributed by atoms with E-state index in [0.29, 0.717) is 12.5 Å². The van der Waals surface area contributed by atoms with Crippen molar-refractivity contribution < 1.29 is 4.74 Å². The van der Waals surface area contributed by atoms with Gasteiger partial charge in [-0.15, -0.1) is 0 Å². The second-order valence-electron chi connectivity index (χ2n) is 6.60. The van der Waals surface area contributed by atoms with Gasteiger partial charge in [0.2, 0.25) is 0 Å². The van der Waals surface area contributed by atoms with Crippen LogP contribution in [0.15, 0.2) is 48.5 Å². The molecule has 0 saturated carbocycles. The number of hydrogen-bond acceptors (Lipinski definition) is 2. The summed E-state index contributed by atoms with van der Waals surface area (Å²) < 4.78 is 8.04. The van der Waals surface area contributed by atoms with E-state index in [0.717, 1.165) is 36.5 Å². The van der Waals surface area contributed by atoms with Crippen LogP contribution in [0.5, 0.6) is 5.75 Å². The van der Waals surface area contributed by atoms with Crippen LogP contribution < -0.4 is 4.74 Å². The highest BCUT2D eigenvalue weighted by Gasteiger charge is 2.13. The monoisotopic (exact) mass is 322 g/mol. The second kappa shape index (κ2) is 7.52. The quantitative estimate of drug-likeness (QED) is 0.620. The van der Waals surface area contributed by atoms with E-state index < -0.39 is 0 Å². The van der Waals surface area contributed by atoms with Crippen LogP contribution in [0, 0.1) is 5.92 Å². The predicted molar refractivity (Wildman–Crippen MR) is 99.6 cm³/mol. The zero-order valence-corrected chi connectivity index (χ0v) is 14.8. The highest BCUT2D eigenvalue weighted by atomic mass is 16.5. The molecule has 3 aromatic rings. The summed E-state index contributed by atoms with van der Waals surface area (Å²) >= 11 is 0. The molecule has 3 heteroatoms. The van der Waals surface area contributed by atoms with Gasteiger partial charge in [0.25, 0.3) is 0 Å². The molecule has 0 aliphatic rings. The number of imidazole rings is 1. The summed E-state index contributed by atoms with van der Waals surface area (Å²) in [7, 11) is 0. The van der Waals surface area contributed by atoms with Gasteiger partial charge in [-0.05, 0) is 37.0 Å². The SMILES string of the molecule is CCOc1ccc2nc(CCc3ccccc3)n(CC(C)C)c2c1. The molecule has 126 valence electrons. The fraction of sp³-hybridized carbons (Fsp3) is 0.381. The van der Waals surface area contributed by atoms with E-state index in [1.807, 2.05) is 13.0 Å². The maximum absolute atomic E-state index is 5.67. The first kappa shape index (κ1) is 16.6. The van der Waals surface area contributed by atoms with Gasteiger partial charge < -0.3 is 9.30 Å². The molecule has 3 nitrogen and oxygen atoms in total. The minimum atomic E-state index is 0.577. The number of benzene rings is 2. The third kappa shape index (κ3) is 3.78. The molecule has 0 N–H and O–H groups in total. The lowest BCUT2D eigenvalue weighted by Gasteiger charge is -2.12. The minimum Gasteiger partial charge on any atom is -0.494 e. The minimum absolute atomic E-state index is 0.577. The van der Waals surface area contributed by atoms with Gasteiger partial charge in [0.15, 0.2) is 0 Å². The van der Waals surface area contributed by atoms with E-state index in [9.17, 15) is 0 Å². The average molecular weight is 322 g/mol. The molecule has 0 aliphatic heterocycles. The van der Waals surface area contributed by atoms with E-state index >= 15 is 0 Å². The molecule has 3 rings (SSSR count). The van der Waals surface area contributed by atoms with Crippen molar-refractivity contribution in [2.45, 2.75) is 40.2 Å². The number of hydrogen-bond donors (Lipinski definition) is 0. The normalized spacial score (nSPS) is 11.3. The van der Waals surface area contributed by atoms with E-state index in [-0.39, 0.29) is 0 Å². The molecule has 0 atom stereocenters. The lowest BCUT2D eigenvalue weighted by Crippen LogP contribution is -2.09. The molecule has 0 aliphatic carbocycles. The van der Waals surface area contributed by atoms with Crippen molar-refractivity contribution in [3.63, 3.8) is 0 Å². The van der Waals surface area contributed by atoms with Gasteiger partial charge in [-0.3, -0.25) is 0 Å². The van der Waals surface area contributed by atoms with Crippen molar-refractivity contribution in [3.05, 3.63) is 59.9 Å². The molecule has 0 spiro atoms. The molecular weight excluding hydrogens is 296 g/mol. The lowest BCUT2D eigenvalue weighted by molar-refractivity contribution is 0.340. The number of ether oxygens (including phenoxy) is 1. The summed E-state index contributed by atoms with van der Waals surface area (Å²) in [5.74, 6) is 2.66. The first-order valence-corrected chi connectivity index (χ1v) is 8.83. The Morgan fingerprint density at radius 3 is 2.54 bits per heavy atom. The Bertz CT molecular complexity index is 790. The summed E-state index contributed by atoms with van der Waals surface area (Å²) in [4.78, 5) is 4.89. The van der Waals surface area contributed by atoms with Gasteiger partial charge in [-0.2, -0.15) is 0 Å². The molecule has 0 bridgehead atoms. The maximum atomic E-state index is 5.67. The van der Waals surface area contributed by atoms with Crippen LogP contribution in [-0.4, -0.2) is 16.2 Å². The zero-order valence-electron chi connectivity index (χ0n) is 14.8. The number of aryl methyl sites for hydroxylation is 2. The smallest absolute Gasteiger partial charge is 0.121 e. The van der Waals surface area contributed by atoms with Crippen LogP contribution >= 0.6 is 0 Å². The van der Waals surface area contributed by atoms with Crippen molar-refractivity contribution >= 4 is 11.0 Å².